The number of rotatable bonds is 7. The first-order chi connectivity index (χ1) is 15.3. The molecule has 0 radical (unpaired) electrons. The van der Waals surface area contributed by atoms with Crippen LogP contribution in [0.2, 0.25) is 0 Å². The van der Waals surface area contributed by atoms with Gasteiger partial charge in [0.2, 0.25) is 5.91 Å². The molecule has 0 atom stereocenters. The summed E-state index contributed by atoms with van der Waals surface area (Å²) in [5, 5.41) is 12.2. The van der Waals surface area contributed by atoms with E-state index in [0.29, 0.717) is 33.4 Å². The fourth-order valence-electron chi connectivity index (χ4n) is 3.34. The molecule has 1 amide bonds. The van der Waals surface area contributed by atoms with Gasteiger partial charge in [0.05, 0.1) is 12.3 Å². The number of carbonyl (C=O) groups is 2. The number of H-pyrrole nitrogens is 1. The van der Waals surface area contributed by atoms with Crippen molar-refractivity contribution in [3.8, 4) is 17.3 Å². The predicted molar refractivity (Wildman–Crippen MR) is 122 cm³/mol. The summed E-state index contributed by atoms with van der Waals surface area (Å²) in [4.78, 5) is 44.3. The molecule has 0 aliphatic carbocycles. The van der Waals surface area contributed by atoms with Crippen molar-refractivity contribution in [2.45, 2.75) is 33.6 Å². The van der Waals surface area contributed by atoms with Crippen LogP contribution in [-0.2, 0) is 16.0 Å². The standard InChI is InChI=1S/C23H22N4O4S/c1-4-31-22(30)20-19(15-8-6-5-7-9-15)27-23(32-20)26-18(28)11-10-16-13(2)17(12-24)21(29)25-14(16)3/h5-9H,4,10-11H2,1-3H3,(H,25,29)(H,26,27,28). The summed E-state index contributed by atoms with van der Waals surface area (Å²) in [6.45, 7) is 5.39. The molecule has 0 saturated heterocycles. The normalized spacial score (nSPS) is 10.4. The summed E-state index contributed by atoms with van der Waals surface area (Å²) in [5.41, 5.74) is 2.78. The van der Waals surface area contributed by atoms with Gasteiger partial charge >= 0.3 is 5.97 Å². The zero-order valence-electron chi connectivity index (χ0n) is 17.9. The Hall–Kier alpha value is -3.77. The molecule has 32 heavy (non-hydrogen) atoms. The Balaban J connectivity index is 1.80. The van der Waals surface area contributed by atoms with Gasteiger partial charge in [0.1, 0.15) is 16.5 Å². The van der Waals surface area contributed by atoms with Crippen LogP contribution < -0.4 is 10.9 Å². The van der Waals surface area contributed by atoms with Crippen molar-refractivity contribution in [2.75, 3.05) is 11.9 Å². The molecule has 3 rings (SSSR count). The van der Waals surface area contributed by atoms with Crippen molar-refractivity contribution in [1.82, 2.24) is 9.97 Å². The number of pyridine rings is 1. The van der Waals surface area contributed by atoms with E-state index < -0.39 is 11.5 Å². The summed E-state index contributed by atoms with van der Waals surface area (Å²) >= 11 is 1.06. The van der Waals surface area contributed by atoms with Gasteiger partial charge in [-0.25, -0.2) is 9.78 Å². The Bertz CT molecular complexity index is 1260. The molecule has 0 unspecified atom stereocenters. The number of aromatic amines is 1. The van der Waals surface area contributed by atoms with Crippen LogP contribution in [0.1, 0.15) is 45.4 Å². The fourth-order valence-corrected chi connectivity index (χ4v) is 4.24. The molecule has 1 aromatic carbocycles. The van der Waals surface area contributed by atoms with Gasteiger partial charge in [-0.3, -0.25) is 9.59 Å². The number of hydrogen-bond acceptors (Lipinski definition) is 7. The molecule has 9 heteroatoms. The van der Waals surface area contributed by atoms with Gasteiger partial charge in [-0.2, -0.15) is 5.26 Å². The molecule has 2 aromatic heterocycles. The number of aryl methyl sites for hydroxylation is 1. The maximum atomic E-state index is 12.6. The van der Waals surface area contributed by atoms with E-state index in [2.05, 4.69) is 15.3 Å². The molecule has 2 heterocycles. The van der Waals surface area contributed by atoms with E-state index in [9.17, 15) is 19.6 Å². The van der Waals surface area contributed by atoms with Crippen molar-refractivity contribution < 1.29 is 14.3 Å². The molecule has 0 aliphatic rings. The largest absolute Gasteiger partial charge is 0.462 e. The highest BCUT2D eigenvalue weighted by atomic mass is 32.1. The smallest absolute Gasteiger partial charge is 0.350 e. The third kappa shape index (κ3) is 4.92. The molecule has 164 valence electrons. The van der Waals surface area contributed by atoms with E-state index in [0.717, 1.165) is 22.5 Å². The van der Waals surface area contributed by atoms with Gasteiger partial charge in [-0.1, -0.05) is 41.7 Å². The second-order valence-corrected chi connectivity index (χ2v) is 8.00. The number of amides is 1. The second-order valence-electron chi connectivity index (χ2n) is 7.00. The van der Waals surface area contributed by atoms with Crippen LogP contribution in [0, 0.1) is 25.2 Å². The van der Waals surface area contributed by atoms with Gasteiger partial charge in [-0.05, 0) is 38.3 Å². The highest BCUT2D eigenvalue weighted by Crippen LogP contribution is 2.32. The van der Waals surface area contributed by atoms with E-state index in [1.807, 2.05) is 36.4 Å². The molecule has 3 aromatic rings. The second kappa shape index (κ2) is 10.0. The van der Waals surface area contributed by atoms with E-state index in [4.69, 9.17) is 4.74 Å². The van der Waals surface area contributed by atoms with Gasteiger partial charge < -0.3 is 15.0 Å². The van der Waals surface area contributed by atoms with Crippen LogP contribution >= 0.6 is 11.3 Å². The zero-order chi connectivity index (χ0) is 23.3. The third-order valence-corrected chi connectivity index (χ3v) is 5.85. The Kier molecular flexibility index (Phi) is 7.18. The summed E-state index contributed by atoms with van der Waals surface area (Å²) in [6.07, 6.45) is 0.462. The number of benzene rings is 1. The molecular formula is C23H22N4O4S. The first kappa shape index (κ1) is 22.9. The number of ether oxygens (including phenoxy) is 1. The van der Waals surface area contributed by atoms with Gasteiger partial charge in [0, 0.05) is 17.7 Å². The summed E-state index contributed by atoms with van der Waals surface area (Å²) in [7, 11) is 0. The lowest BCUT2D eigenvalue weighted by molar-refractivity contribution is -0.116. The molecule has 0 aliphatic heterocycles. The minimum atomic E-state index is -0.493. The monoisotopic (exact) mass is 450 g/mol. The number of esters is 1. The maximum Gasteiger partial charge on any atom is 0.350 e. The van der Waals surface area contributed by atoms with E-state index in [1.54, 1.807) is 20.8 Å². The Morgan fingerprint density at radius 1 is 1.25 bits per heavy atom. The lowest BCUT2D eigenvalue weighted by atomic mass is 9.99. The quantitative estimate of drug-likeness (QED) is 0.528. The highest BCUT2D eigenvalue weighted by molar-refractivity contribution is 7.18. The van der Waals surface area contributed by atoms with Gasteiger partial charge in [0.15, 0.2) is 5.13 Å². The summed E-state index contributed by atoms with van der Waals surface area (Å²) in [6, 6.07) is 11.1. The number of carbonyl (C=O) groups excluding carboxylic acids is 2. The minimum Gasteiger partial charge on any atom is -0.462 e. The molecule has 0 bridgehead atoms. The number of nitrogens with zero attached hydrogens (tertiary/aromatic N) is 2. The summed E-state index contributed by atoms with van der Waals surface area (Å²) in [5.74, 6) is -0.787. The number of anilines is 1. The van der Waals surface area contributed by atoms with Gasteiger partial charge in [-0.15, -0.1) is 0 Å². The number of nitriles is 1. The fraction of sp³-hybridized carbons (Fsp3) is 0.261. The first-order valence-electron chi connectivity index (χ1n) is 10.0. The van der Waals surface area contributed by atoms with Crippen molar-refractivity contribution in [3.05, 3.63) is 67.9 Å². The average molecular weight is 451 g/mol. The van der Waals surface area contributed by atoms with Crippen LogP contribution in [0.3, 0.4) is 0 Å². The number of nitrogens with one attached hydrogen (secondary N) is 2. The Morgan fingerprint density at radius 2 is 1.97 bits per heavy atom. The van der Waals surface area contributed by atoms with Crippen LogP contribution in [0.4, 0.5) is 5.13 Å². The topological polar surface area (TPSA) is 125 Å². The van der Waals surface area contributed by atoms with Crippen LogP contribution in [0.15, 0.2) is 35.1 Å². The number of thiazole rings is 1. The number of hydrogen-bond donors (Lipinski definition) is 2. The number of aromatic nitrogens is 2. The van der Waals surface area contributed by atoms with Crippen molar-refractivity contribution in [3.63, 3.8) is 0 Å². The Morgan fingerprint density at radius 3 is 2.62 bits per heavy atom. The molecule has 8 nitrogen and oxygen atoms in total. The molecular weight excluding hydrogens is 428 g/mol. The third-order valence-electron chi connectivity index (χ3n) is 4.90. The first-order valence-corrected chi connectivity index (χ1v) is 10.8. The lowest BCUT2D eigenvalue weighted by Crippen LogP contribution is -2.18. The molecule has 0 spiro atoms. The SMILES string of the molecule is CCOC(=O)c1sc(NC(=O)CCc2c(C)[nH]c(=O)c(C#N)c2C)nc1-c1ccccc1. The molecule has 0 fully saturated rings. The van der Waals surface area contributed by atoms with Crippen molar-refractivity contribution in [1.29, 1.82) is 5.26 Å². The van der Waals surface area contributed by atoms with Crippen molar-refractivity contribution in [2.24, 2.45) is 0 Å². The predicted octanol–water partition coefficient (Wildman–Crippen LogP) is 3.73. The zero-order valence-corrected chi connectivity index (χ0v) is 18.8. The Labute approximate surface area is 188 Å². The van der Waals surface area contributed by atoms with E-state index in [1.165, 1.54) is 0 Å². The van der Waals surface area contributed by atoms with Crippen LogP contribution in [-0.4, -0.2) is 28.5 Å². The molecule has 2 N–H and O–H groups in total. The lowest BCUT2D eigenvalue weighted by Gasteiger charge is -2.10. The summed E-state index contributed by atoms with van der Waals surface area (Å²) < 4.78 is 5.13. The minimum absolute atomic E-state index is 0.0533. The van der Waals surface area contributed by atoms with Gasteiger partial charge in [0.25, 0.3) is 5.56 Å². The van der Waals surface area contributed by atoms with E-state index >= 15 is 0 Å². The van der Waals surface area contributed by atoms with Crippen LogP contribution in [0.5, 0.6) is 0 Å². The molecule has 0 saturated carbocycles. The average Bonchev–Trinajstić information content (AvgIpc) is 3.18. The van der Waals surface area contributed by atoms with Crippen molar-refractivity contribution >= 4 is 28.3 Å². The van der Waals surface area contributed by atoms with E-state index in [-0.39, 0.29) is 24.5 Å². The van der Waals surface area contributed by atoms with Crippen LogP contribution in [0.25, 0.3) is 11.3 Å². The maximum absolute atomic E-state index is 12.6. The highest BCUT2D eigenvalue weighted by Gasteiger charge is 2.22.